The standard InChI is InChI=1S/C16H17F3N2O2/c17-16(18,19)10-4-3-7-12(8-10)21-14(22)9-13(15(21)23)20-11-5-1-2-6-11/h3-4,7-8,11,13,20H,1-2,5-6,9H2/p+1/t13-/m1/s1. The number of quaternary nitrogens is 1. The Morgan fingerprint density at radius 2 is 1.83 bits per heavy atom. The summed E-state index contributed by atoms with van der Waals surface area (Å²) in [5.41, 5.74) is -0.865. The fourth-order valence-corrected chi connectivity index (χ4v) is 3.38. The maximum atomic E-state index is 12.8. The molecule has 0 radical (unpaired) electrons. The van der Waals surface area contributed by atoms with E-state index in [0.29, 0.717) is 6.04 Å². The van der Waals surface area contributed by atoms with Crippen molar-refractivity contribution in [2.75, 3.05) is 4.90 Å². The summed E-state index contributed by atoms with van der Waals surface area (Å²) in [6.07, 6.45) is -0.188. The van der Waals surface area contributed by atoms with Crippen molar-refractivity contribution in [3.8, 4) is 0 Å². The zero-order chi connectivity index (χ0) is 16.6. The lowest BCUT2D eigenvalue weighted by molar-refractivity contribution is -0.706. The second-order valence-electron chi connectivity index (χ2n) is 6.16. The van der Waals surface area contributed by atoms with E-state index in [2.05, 4.69) is 0 Å². The van der Waals surface area contributed by atoms with Crippen molar-refractivity contribution in [3.63, 3.8) is 0 Å². The highest BCUT2D eigenvalue weighted by atomic mass is 19.4. The molecular weight excluding hydrogens is 309 g/mol. The number of nitrogens with two attached hydrogens (primary N) is 1. The number of hydrogen-bond acceptors (Lipinski definition) is 2. The van der Waals surface area contributed by atoms with Gasteiger partial charge in [0.05, 0.1) is 23.7 Å². The Balaban J connectivity index is 1.80. The quantitative estimate of drug-likeness (QED) is 0.862. The van der Waals surface area contributed by atoms with Gasteiger partial charge in [0, 0.05) is 0 Å². The molecule has 4 nitrogen and oxygen atoms in total. The number of hydrogen-bond donors (Lipinski definition) is 1. The highest BCUT2D eigenvalue weighted by Crippen LogP contribution is 2.32. The van der Waals surface area contributed by atoms with Gasteiger partial charge in [-0.1, -0.05) is 6.07 Å². The molecule has 0 spiro atoms. The molecular formula is C16H18F3N2O2+. The van der Waals surface area contributed by atoms with E-state index in [1.165, 1.54) is 12.1 Å². The van der Waals surface area contributed by atoms with Gasteiger partial charge in [0.25, 0.3) is 5.91 Å². The molecule has 2 fully saturated rings. The molecule has 1 aromatic rings. The smallest absolute Gasteiger partial charge is 0.333 e. The van der Waals surface area contributed by atoms with Gasteiger partial charge in [0.2, 0.25) is 5.91 Å². The van der Waals surface area contributed by atoms with E-state index in [9.17, 15) is 22.8 Å². The van der Waals surface area contributed by atoms with Crippen LogP contribution in [0.2, 0.25) is 0 Å². The zero-order valence-electron chi connectivity index (χ0n) is 12.5. The number of benzene rings is 1. The van der Waals surface area contributed by atoms with Gasteiger partial charge >= 0.3 is 6.18 Å². The molecule has 1 heterocycles. The van der Waals surface area contributed by atoms with Gasteiger partial charge in [0.1, 0.15) is 0 Å². The van der Waals surface area contributed by atoms with E-state index in [1.807, 2.05) is 5.32 Å². The SMILES string of the molecule is O=C1C[C@@H]([NH2+]C2CCCC2)C(=O)N1c1cccc(C(F)(F)F)c1. The number of imide groups is 1. The largest absolute Gasteiger partial charge is 0.416 e. The minimum Gasteiger partial charge on any atom is -0.333 e. The molecule has 2 aliphatic rings. The van der Waals surface area contributed by atoms with E-state index in [0.717, 1.165) is 42.7 Å². The van der Waals surface area contributed by atoms with Crippen LogP contribution in [-0.4, -0.2) is 23.9 Å². The van der Waals surface area contributed by atoms with Gasteiger partial charge in [-0.15, -0.1) is 0 Å². The Labute approximate surface area is 131 Å². The average molecular weight is 327 g/mol. The molecule has 1 aromatic carbocycles. The Bertz CT molecular complexity index is 624. The van der Waals surface area contributed by atoms with E-state index >= 15 is 0 Å². The van der Waals surface area contributed by atoms with Crippen LogP contribution >= 0.6 is 0 Å². The first-order valence-corrected chi connectivity index (χ1v) is 7.75. The van der Waals surface area contributed by atoms with Crippen LogP contribution in [0.15, 0.2) is 24.3 Å². The first-order chi connectivity index (χ1) is 10.9. The van der Waals surface area contributed by atoms with Crippen LogP contribution in [-0.2, 0) is 15.8 Å². The fraction of sp³-hybridized carbons (Fsp3) is 0.500. The minimum atomic E-state index is -4.50. The number of alkyl halides is 3. The summed E-state index contributed by atoms with van der Waals surface area (Å²) in [6, 6.07) is 4.18. The first kappa shape index (κ1) is 16.0. The van der Waals surface area contributed by atoms with Crippen LogP contribution in [0, 0.1) is 0 Å². The van der Waals surface area contributed by atoms with Crippen LogP contribution in [0.4, 0.5) is 18.9 Å². The number of carbonyl (C=O) groups is 2. The molecule has 2 N–H and O–H groups in total. The topological polar surface area (TPSA) is 54.0 Å². The van der Waals surface area contributed by atoms with Crippen LogP contribution in [0.1, 0.15) is 37.7 Å². The van der Waals surface area contributed by atoms with Crippen LogP contribution < -0.4 is 10.2 Å². The molecule has 124 valence electrons. The van der Waals surface area contributed by atoms with Crippen molar-refractivity contribution in [2.24, 2.45) is 0 Å². The predicted octanol–water partition coefficient (Wildman–Crippen LogP) is 1.84. The number of anilines is 1. The third-order valence-electron chi connectivity index (χ3n) is 4.52. The minimum absolute atomic E-state index is 0.00264. The summed E-state index contributed by atoms with van der Waals surface area (Å²) in [5.74, 6) is -0.852. The fourth-order valence-electron chi connectivity index (χ4n) is 3.38. The first-order valence-electron chi connectivity index (χ1n) is 7.75. The molecule has 2 amide bonds. The number of amides is 2. The molecule has 7 heteroatoms. The third kappa shape index (κ3) is 3.24. The molecule has 1 saturated heterocycles. The van der Waals surface area contributed by atoms with Gasteiger partial charge < -0.3 is 5.32 Å². The lowest BCUT2D eigenvalue weighted by atomic mass is 10.1. The van der Waals surface area contributed by atoms with Crippen LogP contribution in [0.25, 0.3) is 0 Å². The average Bonchev–Trinajstić information content (AvgIpc) is 3.08. The molecule has 1 atom stereocenters. The molecule has 0 bridgehead atoms. The number of carbonyl (C=O) groups excluding carboxylic acids is 2. The second kappa shape index (κ2) is 5.96. The van der Waals surface area contributed by atoms with Crippen molar-refractivity contribution < 1.29 is 28.1 Å². The maximum Gasteiger partial charge on any atom is 0.416 e. The third-order valence-corrected chi connectivity index (χ3v) is 4.52. The van der Waals surface area contributed by atoms with Crippen molar-refractivity contribution in [1.82, 2.24) is 0 Å². The van der Waals surface area contributed by atoms with Gasteiger partial charge in [-0.25, -0.2) is 4.90 Å². The lowest BCUT2D eigenvalue weighted by Gasteiger charge is -2.17. The summed E-state index contributed by atoms with van der Waals surface area (Å²) in [4.78, 5) is 25.5. The van der Waals surface area contributed by atoms with Crippen LogP contribution in [0.5, 0.6) is 0 Å². The van der Waals surface area contributed by atoms with Crippen molar-refractivity contribution in [1.29, 1.82) is 0 Å². The van der Waals surface area contributed by atoms with Gasteiger partial charge in [0.15, 0.2) is 6.04 Å². The molecule has 23 heavy (non-hydrogen) atoms. The summed E-state index contributed by atoms with van der Waals surface area (Å²) in [5, 5.41) is 1.92. The molecule has 1 aliphatic carbocycles. The van der Waals surface area contributed by atoms with Crippen molar-refractivity contribution >= 4 is 17.5 Å². The van der Waals surface area contributed by atoms with Crippen molar-refractivity contribution in [2.45, 2.75) is 50.4 Å². The Hall–Kier alpha value is -1.89. The summed E-state index contributed by atoms with van der Waals surface area (Å²) in [6.45, 7) is 0. The van der Waals surface area contributed by atoms with Gasteiger partial charge in [-0.2, -0.15) is 13.2 Å². The Morgan fingerprint density at radius 3 is 2.48 bits per heavy atom. The molecule has 3 rings (SSSR count). The summed E-state index contributed by atoms with van der Waals surface area (Å²) >= 11 is 0. The van der Waals surface area contributed by atoms with E-state index in [-0.39, 0.29) is 12.1 Å². The highest BCUT2D eigenvalue weighted by Gasteiger charge is 2.44. The predicted molar refractivity (Wildman–Crippen MR) is 76.5 cm³/mol. The lowest BCUT2D eigenvalue weighted by Crippen LogP contribution is -2.95. The second-order valence-corrected chi connectivity index (χ2v) is 6.16. The summed E-state index contributed by atoms with van der Waals surface area (Å²) < 4.78 is 38.4. The molecule has 1 saturated carbocycles. The number of rotatable bonds is 3. The molecule has 0 aromatic heterocycles. The Morgan fingerprint density at radius 1 is 1.13 bits per heavy atom. The van der Waals surface area contributed by atoms with Gasteiger partial charge in [-0.05, 0) is 43.9 Å². The highest BCUT2D eigenvalue weighted by molar-refractivity contribution is 6.21. The molecule has 0 unspecified atom stereocenters. The van der Waals surface area contributed by atoms with E-state index in [1.54, 1.807) is 0 Å². The number of halogens is 3. The monoisotopic (exact) mass is 327 g/mol. The van der Waals surface area contributed by atoms with Crippen molar-refractivity contribution in [3.05, 3.63) is 29.8 Å². The number of nitrogens with zero attached hydrogens (tertiary/aromatic N) is 1. The van der Waals surface area contributed by atoms with Crippen LogP contribution in [0.3, 0.4) is 0 Å². The Kier molecular flexibility index (Phi) is 4.14. The van der Waals surface area contributed by atoms with Gasteiger partial charge in [-0.3, -0.25) is 9.59 Å². The zero-order valence-corrected chi connectivity index (χ0v) is 12.5. The molecule has 1 aliphatic heterocycles. The normalized spacial score (nSPS) is 23.1. The summed E-state index contributed by atoms with van der Waals surface area (Å²) in [7, 11) is 0. The maximum absolute atomic E-state index is 12.8. The van der Waals surface area contributed by atoms with E-state index < -0.39 is 29.6 Å². The van der Waals surface area contributed by atoms with E-state index in [4.69, 9.17) is 0 Å².